The molecule has 0 saturated heterocycles. The van der Waals surface area contributed by atoms with Gasteiger partial charge in [-0.05, 0) is 72.9 Å². The van der Waals surface area contributed by atoms with E-state index in [9.17, 15) is 13.2 Å². The van der Waals surface area contributed by atoms with Gasteiger partial charge >= 0.3 is 5.97 Å². The summed E-state index contributed by atoms with van der Waals surface area (Å²) < 4.78 is 39.6. The van der Waals surface area contributed by atoms with Gasteiger partial charge in [-0.2, -0.15) is 0 Å². The topological polar surface area (TPSA) is 93.7 Å². The van der Waals surface area contributed by atoms with E-state index in [1.807, 2.05) is 25.1 Å². The molecule has 2 N–H and O–H groups in total. The van der Waals surface area contributed by atoms with Crippen molar-refractivity contribution in [1.29, 1.82) is 0 Å². The molecule has 0 saturated carbocycles. The Morgan fingerprint density at radius 3 is 2.61 bits per heavy atom. The van der Waals surface area contributed by atoms with Gasteiger partial charge in [-0.1, -0.05) is 36.4 Å². The van der Waals surface area contributed by atoms with Gasteiger partial charge in [-0.15, -0.1) is 0 Å². The van der Waals surface area contributed by atoms with Crippen LogP contribution in [0.25, 0.3) is 0 Å². The second kappa shape index (κ2) is 9.70. The van der Waals surface area contributed by atoms with Crippen molar-refractivity contribution < 1.29 is 22.7 Å². The summed E-state index contributed by atoms with van der Waals surface area (Å²) >= 11 is 0. The Morgan fingerprint density at radius 1 is 1.08 bits per heavy atom. The summed E-state index contributed by atoms with van der Waals surface area (Å²) in [7, 11) is -2.46. The number of ether oxygens (including phenoxy) is 2. The number of rotatable bonds is 7. The standard InChI is InChI=1S/C28H28N2O5S/c1-3-35-26-10-5-4-9-25(26)30-36(32,33)20-15-16-24-23(17-20)21-7-6-8-22(21)27(29-24)18-11-13-19(14-12-18)28(31)34-2/h4-7,9-17,21-22,27,29-30H,3,8H2,1-2H3/t21-,22+,27+/m0/s1. The average molecular weight is 505 g/mol. The first-order valence-corrected chi connectivity index (χ1v) is 13.4. The predicted octanol–water partition coefficient (Wildman–Crippen LogP) is 5.50. The van der Waals surface area contributed by atoms with Crippen molar-refractivity contribution in [2.24, 2.45) is 5.92 Å². The van der Waals surface area contributed by atoms with E-state index in [0.29, 0.717) is 23.6 Å². The Kier molecular flexibility index (Phi) is 6.45. The summed E-state index contributed by atoms with van der Waals surface area (Å²) in [6.07, 6.45) is 5.19. The van der Waals surface area contributed by atoms with Crippen LogP contribution >= 0.6 is 0 Å². The van der Waals surface area contributed by atoms with Crippen LogP contribution in [-0.2, 0) is 14.8 Å². The summed E-state index contributed by atoms with van der Waals surface area (Å²) in [5, 5.41) is 3.61. The van der Waals surface area contributed by atoms with Crippen molar-refractivity contribution in [3.05, 3.63) is 95.6 Å². The fourth-order valence-electron chi connectivity index (χ4n) is 5.05. The van der Waals surface area contributed by atoms with E-state index in [4.69, 9.17) is 9.47 Å². The maximum Gasteiger partial charge on any atom is 0.337 e. The van der Waals surface area contributed by atoms with Crippen LogP contribution in [-0.4, -0.2) is 28.1 Å². The first-order chi connectivity index (χ1) is 17.4. The molecule has 7 nitrogen and oxygen atoms in total. The number of carbonyl (C=O) groups excluding carboxylic acids is 1. The highest BCUT2D eigenvalue weighted by molar-refractivity contribution is 7.92. The van der Waals surface area contributed by atoms with E-state index in [0.717, 1.165) is 23.2 Å². The number of sulfonamides is 1. The number of fused-ring (bicyclic) bond motifs is 3. The van der Waals surface area contributed by atoms with Gasteiger partial charge < -0.3 is 14.8 Å². The number of carbonyl (C=O) groups is 1. The van der Waals surface area contributed by atoms with Gasteiger partial charge in [0.25, 0.3) is 10.0 Å². The van der Waals surface area contributed by atoms with Crippen molar-refractivity contribution in [3.8, 4) is 5.75 Å². The van der Waals surface area contributed by atoms with Crippen molar-refractivity contribution in [1.82, 2.24) is 0 Å². The molecule has 0 aromatic heterocycles. The summed E-state index contributed by atoms with van der Waals surface area (Å²) in [4.78, 5) is 12.0. The minimum absolute atomic E-state index is 0.0304. The molecule has 0 bridgehead atoms. The van der Waals surface area contributed by atoms with Crippen LogP contribution in [0.4, 0.5) is 11.4 Å². The molecule has 3 aromatic rings. The lowest BCUT2D eigenvalue weighted by Gasteiger charge is -2.37. The number of anilines is 2. The number of allylic oxidation sites excluding steroid dienone is 2. The molecule has 1 heterocycles. The second-order valence-electron chi connectivity index (χ2n) is 8.87. The van der Waals surface area contributed by atoms with Gasteiger partial charge in [-0.25, -0.2) is 13.2 Å². The number of hydrogen-bond acceptors (Lipinski definition) is 6. The molecule has 2 aliphatic rings. The number of hydrogen-bond donors (Lipinski definition) is 2. The zero-order valence-electron chi connectivity index (χ0n) is 20.1. The third-order valence-electron chi connectivity index (χ3n) is 6.77. The van der Waals surface area contributed by atoms with Gasteiger partial charge in [0.2, 0.25) is 0 Å². The van der Waals surface area contributed by atoms with Crippen molar-refractivity contribution >= 4 is 27.4 Å². The molecule has 1 aliphatic heterocycles. The molecular formula is C28H28N2O5S. The van der Waals surface area contributed by atoms with Gasteiger partial charge in [0.15, 0.2) is 0 Å². The molecule has 0 unspecified atom stereocenters. The molecule has 1 aliphatic carbocycles. The largest absolute Gasteiger partial charge is 0.492 e. The predicted molar refractivity (Wildman–Crippen MR) is 139 cm³/mol. The van der Waals surface area contributed by atoms with Crippen LogP contribution in [0.15, 0.2) is 83.8 Å². The quantitative estimate of drug-likeness (QED) is 0.326. The van der Waals surface area contributed by atoms with Crippen LogP contribution in [0.1, 0.15) is 46.8 Å². The van der Waals surface area contributed by atoms with Crippen LogP contribution in [0.3, 0.4) is 0 Å². The molecule has 186 valence electrons. The molecule has 0 radical (unpaired) electrons. The normalized spacial score (nSPS) is 20.1. The number of para-hydroxylation sites is 2. The van der Waals surface area contributed by atoms with Crippen molar-refractivity contribution in [2.45, 2.75) is 30.2 Å². The van der Waals surface area contributed by atoms with E-state index >= 15 is 0 Å². The second-order valence-corrected chi connectivity index (χ2v) is 10.6. The number of benzene rings is 3. The third kappa shape index (κ3) is 4.44. The fourth-order valence-corrected chi connectivity index (χ4v) is 6.16. The summed E-state index contributed by atoms with van der Waals surface area (Å²) in [5.74, 6) is 0.432. The molecule has 3 atom stereocenters. The smallest absolute Gasteiger partial charge is 0.337 e. The lowest BCUT2D eigenvalue weighted by atomic mass is 9.77. The lowest BCUT2D eigenvalue weighted by Crippen LogP contribution is -2.29. The third-order valence-corrected chi connectivity index (χ3v) is 8.13. The molecule has 0 fully saturated rings. The van der Waals surface area contributed by atoms with Gasteiger partial charge in [-0.3, -0.25) is 4.72 Å². The molecule has 36 heavy (non-hydrogen) atoms. The highest BCUT2D eigenvalue weighted by atomic mass is 32.2. The monoisotopic (exact) mass is 504 g/mol. The Bertz CT molecular complexity index is 1420. The minimum atomic E-state index is -3.82. The summed E-state index contributed by atoms with van der Waals surface area (Å²) in [6.45, 7) is 2.29. The average Bonchev–Trinajstić information content (AvgIpc) is 3.39. The van der Waals surface area contributed by atoms with Crippen LogP contribution in [0, 0.1) is 5.92 Å². The van der Waals surface area contributed by atoms with Crippen molar-refractivity contribution in [2.75, 3.05) is 23.8 Å². The van der Waals surface area contributed by atoms with Crippen LogP contribution in [0.2, 0.25) is 0 Å². The summed E-state index contributed by atoms with van der Waals surface area (Å²) in [5.41, 5.74) is 3.84. The Labute approximate surface area is 211 Å². The van der Waals surface area contributed by atoms with Crippen LogP contribution in [0.5, 0.6) is 5.75 Å². The van der Waals surface area contributed by atoms with Gasteiger partial charge in [0.1, 0.15) is 5.75 Å². The van der Waals surface area contributed by atoms with Gasteiger partial charge in [0.05, 0.1) is 35.9 Å². The minimum Gasteiger partial charge on any atom is -0.492 e. The van der Waals surface area contributed by atoms with Gasteiger partial charge in [0, 0.05) is 11.6 Å². The maximum atomic E-state index is 13.3. The highest BCUT2D eigenvalue weighted by Gasteiger charge is 2.38. The van der Waals surface area contributed by atoms with E-state index in [2.05, 4.69) is 22.2 Å². The Morgan fingerprint density at radius 2 is 1.86 bits per heavy atom. The van der Waals surface area contributed by atoms with E-state index in [-0.39, 0.29) is 28.7 Å². The van der Waals surface area contributed by atoms with Crippen molar-refractivity contribution in [3.63, 3.8) is 0 Å². The molecule has 8 heteroatoms. The first kappa shape index (κ1) is 23.9. The first-order valence-electron chi connectivity index (χ1n) is 11.9. The Balaban J connectivity index is 1.44. The SMILES string of the molecule is CCOc1ccccc1NS(=O)(=O)c1ccc2c(c1)[C@H]1C=CC[C@H]1[C@@H](c1ccc(C(=O)OC)cc1)N2. The lowest BCUT2D eigenvalue weighted by molar-refractivity contribution is 0.0600. The highest BCUT2D eigenvalue weighted by Crippen LogP contribution is 2.50. The fraction of sp³-hybridized carbons (Fsp3) is 0.250. The molecule has 3 aromatic carbocycles. The summed E-state index contributed by atoms with van der Waals surface area (Å²) in [6, 6.07) is 19.7. The molecule has 0 spiro atoms. The molecule has 0 amide bonds. The Hall–Kier alpha value is -3.78. The number of esters is 1. The van der Waals surface area contributed by atoms with E-state index in [1.165, 1.54) is 7.11 Å². The molecule has 5 rings (SSSR count). The zero-order chi connectivity index (χ0) is 25.3. The number of methoxy groups -OCH3 is 1. The van der Waals surface area contributed by atoms with Crippen LogP contribution < -0.4 is 14.8 Å². The zero-order valence-corrected chi connectivity index (χ0v) is 20.9. The molecular weight excluding hydrogens is 476 g/mol. The van der Waals surface area contributed by atoms with E-state index in [1.54, 1.807) is 48.5 Å². The van der Waals surface area contributed by atoms with E-state index < -0.39 is 10.0 Å². The number of nitrogens with one attached hydrogen (secondary N) is 2. The maximum absolute atomic E-state index is 13.3.